The summed E-state index contributed by atoms with van der Waals surface area (Å²) in [5, 5.41) is 0. The van der Waals surface area contributed by atoms with Gasteiger partial charge in [0.1, 0.15) is 5.56 Å². The van der Waals surface area contributed by atoms with Gasteiger partial charge in [-0.05, 0) is 6.42 Å². The van der Waals surface area contributed by atoms with Crippen LogP contribution in [0, 0.1) is 0 Å². The van der Waals surface area contributed by atoms with Gasteiger partial charge in [-0.3, -0.25) is 9.59 Å². The highest BCUT2D eigenvalue weighted by molar-refractivity contribution is 5.93. The SMILES string of the molecule is CCCN(C)C(=O)c1c[nH]ccc1=O. The van der Waals surface area contributed by atoms with Crippen molar-refractivity contribution in [2.45, 2.75) is 13.3 Å². The number of hydrogen-bond donors (Lipinski definition) is 1. The van der Waals surface area contributed by atoms with Crippen LogP contribution in [0.5, 0.6) is 0 Å². The quantitative estimate of drug-likeness (QED) is 0.775. The number of aromatic amines is 1. The first-order valence-corrected chi connectivity index (χ1v) is 4.59. The van der Waals surface area contributed by atoms with E-state index in [2.05, 4.69) is 4.98 Å². The predicted molar refractivity (Wildman–Crippen MR) is 54.3 cm³/mol. The van der Waals surface area contributed by atoms with Crippen LogP contribution < -0.4 is 5.43 Å². The molecule has 4 nitrogen and oxygen atoms in total. The summed E-state index contributed by atoms with van der Waals surface area (Å²) in [7, 11) is 1.69. The number of nitrogens with zero attached hydrogens (tertiary/aromatic N) is 1. The minimum Gasteiger partial charge on any atom is -0.367 e. The van der Waals surface area contributed by atoms with Gasteiger partial charge in [0.2, 0.25) is 0 Å². The van der Waals surface area contributed by atoms with E-state index in [-0.39, 0.29) is 16.9 Å². The summed E-state index contributed by atoms with van der Waals surface area (Å²) >= 11 is 0. The van der Waals surface area contributed by atoms with Gasteiger partial charge in [-0.15, -0.1) is 0 Å². The molecule has 1 heterocycles. The van der Waals surface area contributed by atoms with E-state index in [0.717, 1.165) is 6.42 Å². The molecule has 4 heteroatoms. The van der Waals surface area contributed by atoms with E-state index < -0.39 is 0 Å². The van der Waals surface area contributed by atoms with E-state index >= 15 is 0 Å². The fourth-order valence-corrected chi connectivity index (χ4v) is 1.23. The van der Waals surface area contributed by atoms with Gasteiger partial charge in [-0.1, -0.05) is 6.92 Å². The average molecular weight is 194 g/mol. The Hall–Kier alpha value is -1.58. The zero-order valence-electron chi connectivity index (χ0n) is 8.41. The Labute approximate surface area is 82.6 Å². The lowest BCUT2D eigenvalue weighted by atomic mass is 10.2. The van der Waals surface area contributed by atoms with Crippen LogP contribution in [0.3, 0.4) is 0 Å². The topological polar surface area (TPSA) is 53.2 Å². The van der Waals surface area contributed by atoms with Crippen molar-refractivity contribution in [2.75, 3.05) is 13.6 Å². The standard InChI is InChI=1S/C10H14N2O2/c1-3-6-12(2)10(14)8-7-11-5-4-9(8)13/h4-5,7H,3,6H2,1-2H3,(H,11,13). The second-order valence-electron chi connectivity index (χ2n) is 3.15. The van der Waals surface area contributed by atoms with Crippen molar-refractivity contribution in [1.29, 1.82) is 0 Å². The average Bonchev–Trinajstić information content (AvgIpc) is 2.18. The first-order chi connectivity index (χ1) is 6.66. The van der Waals surface area contributed by atoms with Gasteiger partial charge >= 0.3 is 0 Å². The fraction of sp³-hybridized carbons (Fsp3) is 0.400. The molecule has 1 amide bonds. The summed E-state index contributed by atoms with van der Waals surface area (Å²) in [4.78, 5) is 27.2. The molecule has 1 N–H and O–H groups in total. The van der Waals surface area contributed by atoms with Crippen LogP contribution in [0.1, 0.15) is 23.7 Å². The van der Waals surface area contributed by atoms with Gasteiger partial charge in [0.25, 0.3) is 5.91 Å². The van der Waals surface area contributed by atoms with E-state index in [4.69, 9.17) is 0 Å². The molecule has 0 saturated carbocycles. The molecule has 0 spiro atoms. The summed E-state index contributed by atoms with van der Waals surface area (Å²) in [5.74, 6) is -0.228. The molecule has 0 saturated heterocycles. The van der Waals surface area contributed by atoms with Crippen LogP contribution in [-0.4, -0.2) is 29.4 Å². The molecule has 0 fully saturated rings. The Balaban J connectivity index is 2.90. The first kappa shape index (κ1) is 10.5. The third-order valence-corrected chi connectivity index (χ3v) is 1.96. The van der Waals surface area contributed by atoms with Crippen LogP contribution in [0.15, 0.2) is 23.3 Å². The molecular formula is C10H14N2O2. The van der Waals surface area contributed by atoms with Gasteiger partial charge in [-0.25, -0.2) is 0 Å². The summed E-state index contributed by atoms with van der Waals surface area (Å²) in [6.45, 7) is 2.65. The molecule has 1 rings (SSSR count). The molecule has 76 valence electrons. The number of H-pyrrole nitrogens is 1. The van der Waals surface area contributed by atoms with E-state index in [1.165, 1.54) is 18.5 Å². The third-order valence-electron chi connectivity index (χ3n) is 1.96. The van der Waals surface area contributed by atoms with Crippen molar-refractivity contribution in [3.63, 3.8) is 0 Å². The molecule has 0 aliphatic rings. The monoisotopic (exact) mass is 194 g/mol. The molecule has 0 bridgehead atoms. The van der Waals surface area contributed by atoms with Crippen molar-refractivity contribution in [2.24, 2.45) is 0 Å². The first-order valence-electron chi connectivity index (χ1n) is 4.59. The third kappa shape index (κ3) is 2.22. The van der Waals surface area contributed by atoms with Crippen molar-refractivity contribution in [1.82, 2.24) is 9.88 Å². The molecule has 14 heavy (non-hydrogen) atoms. The Morgan fingerprint density at radius 3 is 2.86 bits per heavy atom. The number of rotatable bonds is 3. The molecule has 0 aromatic carbocycles. The number of carbonyl (C=O) groups excluding carboxylic acids is 1. The highest BCUT2D eigenvalue weighted by Crippen LogP contribution is 1.96. The second-order valence-corrected chi connectivity index (χ2v) is 3.15. The van der Waals surface area contributed by atoms with Crippen LogP contribution in [0.2, 0.25) is 0 Å². The zero-order chi connectivity index (χ0) is 10.6. The maximum Gasteiger partial charge on any atom is 0.259 e. The molecular weight excluding hydrogens is 180 g/mol. The lowest BCUT2D eigenvalue weighted by Crippen LogP contribution is -2.31. The van der Waals surface area contributed by atoms with Crippen molar-refractivity contribution < 1.29 is 4.79 Å². The fourth-order valence-electron chi connectivity index (χ4n) is 1.23. The number of carbonyl (C=O) groups is 1. The molecule has 1 aromatic rings. The minimum atomic E-state index is -0.239. The molecule has 0 radical (unpaired) electrons. The van der Waals surface area contributed by atoms with Crippen molar-refractivity contribution >= 4 is 5.91 Å². The summed E-state index contributed by atoms with van der Waals surface area (Å²) < 4.78 is 0. The van der Waals surface area contributed by atoms with Crippen LogP contribution in [-0.2, 0) is 0 Å². The second kappa shape index (κ2) is 4.60. The van der Waals surface area contributed by atoms with Crippen LogP contribution in [0.4, 0.5) is 0 Å². The Morgan fingerprint density at radius 2 is 2.29 bits per heavy atom. The molecule has 0 unspecified atom stereocenters. The lowest BCUT2D eigenvalue weighted by Gasteiger charge is -2.15. The van der Waals surface area contributed by atoms with Gasteiger partial charge in [-0.2, -0.15) is 0 Å². The molecule has 0 atom stereocenters. The lowest BCUT2D eigenvalue weighted by molar-refractivity contribution is 0.0793. The normalized spacial score (nSPS) is 9.86. The number of nitrogens with one attached hydrogen (secondary N) is 1. The van der Waals surface area contributed by atoms with Crippen LogP contribution >= 0.6 is 0 Å². The van der Waals surface area contributed by atoms with E-state index in [1.54, 1.807) is 11.9 Å². The molecule has 0 aliphatic carbocycles. The van der Waals surface area contributed by atoms with Gasteiger partial charge < -0.3 is 9.88 Å². The van der Waals surface area contributed by atoms with E-state index in [1.807, 2.05) is 6.92 Å². The van der Waals surface area contributed by atoms with Crippen molar-refractivity contribution in [3.8, 4) is 0 Å². The molecule has 1 aromatic heterocycles. The Kier molecular flexibility index (Phi) is 3.45. The Bertz CT molecular complexity index is 370. The van der Waals surface area contributed by atoms with E-state index in [0.29, 0.717) is 6.54 Å². The Morgan fingerprint density at radius 1 is 1.57 bits per heavy atom. The zero-order valence-corrected chi connectivity index (χ0v) is 8.41. The predicted octanol–water partition coefficient (Wildman–Crippen LogP) is 0.857. The number of pyridine rings is 1. The largest absolute Gasteiger partial charge is 0.367 e. The van der Waals surface area contributed by atoms with Crippen LogP contribution in [0.25, 0.3) is 0 Å². The smallest absolute Gasteiger partial charge is 0.259 e. The number of hydrogen-bond acceptors (Lipinski definition) is 2. The highest BCUT2D eigenvalue weighted by Gasteiger charge is 2.13. The summed E-state index contributed by atoms with van der Waals surface area (Å²) in [6.07, 6.45) is 3.84. The number of aromatic nitrogens is 1. The van der Waals surface area contributed by atoms with Gasteiger partial charge in [0, 0.05) is 32.1 Å². The highest BCUT2D eigenvalue weighted by atomic mass is 16.2. The minimum absolute atomic E-state index is 0.198. The maximum atomic E-state index is 11.7. The molecule has 0 aliphatic heterocycles. The summed E-state index contributed by atoms with van der Waals surface area (Å²) in [5.41, 5.74) is -0.0415. The van der Waals surface area contributed by atoms with E-state index in [9.17, 15) is 9.59 Å². The van der Waals surface area contributed by atoms with Crippen molar-refractivity contribution in [3.05, 3.63) is 34.2 Å². The number of amides is 1. The summed E-state index contributed by atoms with van der Waals surface area (Å²) in [6, 6.07) is 1.35. The maximum absolute atomic E-state index is 11.7. The van der Waals surface area contributed by atoms with Gasteiger partial charge in [0.05, 0.1) is 0 Å². The van der Waals surface area contributed by atoms with Gasteiger partial charge in [0.15, 0.2) is 5.43 Å².